The fourth-order valence-electron chi connectivity index (χ4n) is 4.72. The Morgan fingerprint density at radius 3 is 2.44 bits per heavy atom. The molecule has 0 spiro atoms. The van der Waals surface area contributed by atoms with Crippen LogP contribution in [0.25, 0.3) is 4.85 Å². The molecule has 0 bridgehead atoms. The third-order valence-electron chi connectivity index (χ3n) is 5.86. The van der Waals surface area contributed by atoms with Crippen LogP contribution in [-0.4, -0.2) is 24.0 Å². The molecule has 4 nitrogen and oxygen atoms in total. The lowest BCUT2D eigenvalue weighted by atomic mass is 9.68. The molecule has 0 aromatic rings. The molecule has 2 atom stereocenters. The van der Waals surface area contributed by atoms with Crippen LogP contribution >= 0.6 is 0 Å². The summed E-state index contributed by atoms with van der Waals surface area (Å²) < 4.78 is 0. The topological polar surface area (TPSA) is 55.2 Å². The van der Waals surface area contributed by atoms with E-state index in [1.807, 2.05) is 0 Å². The molecule has 0 aromatic carbocycles. The Balaban J connectivity index is 2.20. The number of rotatable bonds is 1. The Labute approximate surface area is 151 Å². The minimum atomic E-state index is -0.231. The van der Waals surface area contributed by atoms with E-state index < -0.39 is 0 Å². The van der Waals surface area contributed by atoms with E-state index >= 15 is 0 Å². The van der Waals surface area contributed by atoms with Crippen LogP contribution in [0.3, 0.4) is 0 Å². The average molecular weight is 334 g/mol. The molecule has 1 heterocycles. The predicted molar refractivity (Wildman–Crippen MR) is 96.8 cm³/mol. The monoisotopic (exact) mass is 334 g/mol. The summed E-state index contributed by atoms with van der Waals surface area (Å²) in [5.74, 6) is -0.208. The van der Waals surface area contributed by atoms with Gasteiger partial charge in [0.1, 0.15) is 6.07 Å². The van der Waals surface area contributed by atoms with Crippen molar-refractivity contribution >= 4 is 0 Å². The first-order chi connectivity index (χ1) is 12.0. The van der Waals surface area contributed by atoms with Crippen LogP contribution in [0.5, 0.6) is 0 Å². The highest BCUT2D eigenvalue weighted by Crippen LogP contribution is 2.47. The number of allylic oxidation sites excluding steroid dienone is 3. The van der Waals surface area contributed by atoms with Crippen molar-refractivity contribution in [1.29, 1.82) is 10.5 Å². The van der Waals surface area contributed by atoms with E-state index in [-0.39, 0.29) is 17.4 Å². The molecule has 2 fully saturated rings. The van der Waals surface area contributed by atoms with Crippen LogP contribution in [0.2, 0.25) is 0 Å². The predicted octanol–water partition coefficient (Wildman–Crippen LogP) is 4.59. The number of hydrogen-bond donors (Lipinski definition) is 0. The second-order valence-electron chi connectivity index (χ2n) is 8.34. The van der Waals surface area contributed by atoms with E-state index in [2.05, 4.69) is 35.7 Å². The Kier molecular flexibility index (Phi) is 4.87. The van der Waals surface area contributed by atoms with Gasteiger partial charge in [-0.25, -0.2) is 6.57 Å². The third kappa shape index (κ3) is 3.29. The first-order valence-corrected chi connectivity index (χ1v) is 9.38. The van der Waals surface area contributed by atoms with Crippen molar-refractivity contribution in [3.8, 4) is 12.1 Å². The summed E-state index contributed by atoms with van der Waals surface area (Å²) in [7, 11) is 0. The molecule has 1 aliphatic heterocycles. The summed E-state index contributed by atoms with van der Waals surface area (Å²) in [6.07, 6.45) is 6.63. The van der Waals surface area contributed by atoms with Gasteiger partial charge < -0.3 is 9.74 Å². The molecule has 2 unspecified atom stereocenters. The van der Waals surface area contributed by atoms with Crippen molar-refractivity contribution < 1.29 is 0 Å². The largest absolute Gasteiger partial charge is 0.374 e. The summed E-state index contributed by atoms with van der Waals surface area (Å²) in [6, 6.07) is 4.67. The minimum absolute atomic E-state index is 0.0602. The molecule has 0 N–H and O–H groups in total. The maximum Gasteiger partial charge on any atom is 0.246 e. The van der Waals surface area contributed by atoms with E-state index in [1.165, 1.54) is 12.8 Å². The van der Waals surface area contributed by atoms with Crippen molar-refractivity contribution in [1.82, 2.24) is 4.90 Å². The highest BCUT2D eigenvalue weighted by molar-refractivity contribution is 5.53. The summed E-state index contributed by atoms with van der Waals surface area (Å²) in [5.41, 5.74) is 3.97. The lowest BCUT2D eigenvalue weighted by molar-refractivity contribution is 0.284. The molecule has 130 valence electrons. The van der Waals surface area contributed by atoms with Gasteiger partial charge in [-0.3, -0.25) is 0 Å². The van der Waals surface area contributed by atoms with Crippen LogP contribution in [0.4, 0.5) is 0 Å². The van der Waals surface area contributed by atoms with Crippen LogP contribution in [0, 0.1) is 40.6 Å². The van der Waals surface area contributed by atoms with E-state index in [0.29, 0.717) is 0 Å². The number of nitrogens with zero attached hydrogens (tertiary/aromatic N) is 4. The van der Waals surface area contributed by atoms with Crippen LogP contribution in [0.15, 0.2) is 22.4 Å². The molecule has 0 amide bonds. The highest BCUT2D eigenvalue weighted by Gasteiger charge is 2.41. The van der Waals surface area contributed by atoms with E-state index in [1.54, 1.807) is 0 Å². The zero-order chi connectivity index (χ0) is 18.0. The van der Waals surface area contributed by atoms with Gasteiger partial charge in [0, 0.05) is 30.8 Å². The maximum absolute atomic E-state index is 9.98. The van der Waals surface area contributed by atoms with Gasteiger partial charge in [0.15, 0.2) is 0 Å². The lowest BCUT2D eigenvalue weighted by Gasteiger charge is -2.39. The van der Waals surface area contributed by atoms with Gasteiger partial charge in [0.2, 0.25) is 6.04 Å². The second kappa shape index (κ2) is 6.93. The zero-order valence-electron chi connectivity index (χ0n) is 15.3. The Bertz CT molecular complexity index is 705. The fraction of sp³-hybridized carbons (Fsp3) is 0.667. The Hall–Kier alpha value is -2.25. The molecule has 3 aliphatic rings. The SMILES string of the molecule is [C-]#[N+]C1CCCC(C#N)/C1=C1\CC(C)(C)CC(N2CCCC2)=C1C#N. The normalized spacial score (nSPS) is 32.0. The molecular weight excluding hydrogens is 308 g/mol. The summed E-state index contributed by atoms with van der Waals surface area (Å²) in [4.78, 5) is 6.21. The average Bonchev–Trinajstić information content (AvgIpc) is 3.14. The van der Waals surface area contributed by atoms with Crippen LogP contribution < -0.4 is 0 Å². The zero-order valence-corrected chi connectivity index (χ0v) is 15.3. The molecule has 2 aliphatic carbocycles. The molecule has 4 heteroatoms. The molecule has 0 aromatic heterocycles. The molecule has 3 rings (SSSR count). The first-order valence-electron chi connectivity index (χ1n) is 9.38. The number of nitriles is 2. The highest BCUT2D eigenvalue weighted by atomic mass is 15.2. The summed E-state index contributed by atoms with van der Waals surface area (Å²) >= 11 is 0. The van der Waals surface area contributed by atoms with Crippen molar-refractivity contribution in [3.05, 3.63) is 33.8 Å². The van der Waals surface area contributed by atoms with E-state index in [9.17, 15) is 10.5 Å². The Morgan fingerprint density at radius 1 is 1.12 bits per heavy atom. The lowest BCUT2D eigenvalue weighted by Crippen LogP contribution is -2.32. The van der Waals surface area contributed by atoms with Gasteiger partial charge in [-0.15, -0.1) is 0 Å². The smallest absolute Gasteiger partial charge is 0.246 e. The second-order valence-corrected chi connectivity index (χ2v) is 8.34. The molecule has 1 saturated carbocycles. The van der Waals surface area contributed by atoms with Crippen LogP contribution in [0.1, 0.15) is 58.8 Å². The van der Waals surface area contributed by atoms with Gasteiger partial charge in [-0.1, -0.05) is 13.8 Å². The number of hydrogen-bond acceptors (Lipinski definition) is 3. The maximum atomic E-state index is 9.98. The van der Waals surface area contributed by atoms with E-state index in [4.69, 9.17) is 6.57 Å². The van der Waals surface area contributed by atoms with Gasteiger partial charge in [-0.05, 0) is 49.5 Å². The van der Waals surface area contributed by atoms with Crippen molar-refractivity contribution in [2.75, 3.05) is 13.1 Å². The summed E-state index contributed by atoms with van der Waals surface area (Å²) in [5, 5.41) is 19.7. The van der Waals surface area contributed by atoms with Gasteiger partial charge in [0.05, 0.1) is 17.6 Å². The van der Waals surface area contributed by atoms with Crippen molar-refractivity contribution in [2.24, 2.45) is 11.3 Å². The molecule has 25 heavy (non-hydrogen) atoms. The van der Waals surface area contributed by atoms with E-state index in [0.717, 1.165) is 67.6 Å². The summed E-state index contributed by atoms with van der Waals surface area (Å²) in [6.45, 7) is 14.2. The Morgan fingerprint density at radius 2 is 1.84 bits per heavy atom. The van der Waals surface area contributed by atoms with Gasteiger partial charge in [0.25, 0.3) is 0 Å². The fourth-order valence-corrected chi connectivity index (χ4v) is 4.72. The van der Waals surface area contributed by atoms with Gasteiger partial charge >= 0.3 is 0 Å². The van der Waals surface area contributed by atoms with Crippen molar-refractivity contribution in [2.45, 2.75) is 64.8 Å². The minimum Gasteiger partial charge on any atom is -0.374 e. The molecular formula is C21H26N4. The van der Waals surface area contributed by atoms with Crippen LogP contribution in [-0.2, 0) is 0 Å². The van der Waals surface area contributed by atoms with Gasteiger partial charge in [-0.2, -0.15) is 10.5 Å². The van der Waals surface area contributed by atoms with Crippen molar-refractivity contribution in [3.63, 3.8) is 0 Å². The molecule has 0 radical (unpaired) electrons. The molecule has 1 saturated heterocycles. The standard InChI is InChI=1S/C21H26N4/c1-21(2)11-16(20-15(13-22)7-6-8-18(20)24-3)17(14-23)19(12-21)25-9-4-5-10-25/h15,18H,4-12H2,1-2H3/b20-16-. The first kappa shape index (κ1) is 17.6. The third-order valence-corrected chi connectivity index (χ3v) is 5.86. The number of likely N-dealkylation sites (tertiary alicyclic amines) is 1. The quantitative estimate of drug-likeness (QED) is 0.659.